The fraction of sp³-hybridized carbons (Fsp3) is 0.600. The van der Waals surface area contributed by atoms with Gasteiger partial charge in [0.25, 0.3) is 5.92 Å². The van der Waals surface area contributed by atoms with E-state index >= 15 is 0 Å². The maximum absolute atomic E-state index is 13.2. The molecule has 1 rings (SSSR count). The Morgan fingerprint density at radius 3 is 2.31 bits per heavy atom. The van der Waals surface area contributed by atoms with Crippen molar-refractivity contribution in [1.29, 1.82) is 0 Å². The van der Waals surface area contributed by atoms with Crippen LogP contribution in [0.25, 0.3) is 0 Å². The summed E-state index contributed by atoms with van der Waals surface area (Å²) in [6.07, 6.45) is 3.98. The van der Waals surface area contributed by atoms with Gasteiger partial charge in [-0.05, 0) is 18.9 Å². The molecule has 1 aliphatic rings. The lowest BCUT2D eigenvalue weighted by Gasteiger charge is -2.24. The SMILES string of the molecule is C=C/C=C(\OC)C1(C(C)(F)F)CC1. The third-order valence-corrected chi connectivity index (χ3v) is 2.55. The van der Waals surface area contributed by atoms with E-state index in [1.807, 2.05) is 0 Å². The number of hydrogen-bond donors (Lipinski definition) is 0. The monoisotopic (exact) mass is 188 g/mol. The molecule has 0 unspecified atom stereocenters. The summed E-state index contributed by atoms with van der Waals surface area (Å²) in [6.45, 7) is 4.41. The predicted molar refractivity (Wildman–Crippen MR) is 47.6 cm³/mol. The number of methoxy groups -OCH3 is 1. The maximum Gasteiger partial charge on any atom is 0.257 e. The Morgan fingerprint density at radius 1 is 1.54 bits per heavy atom. The van der Waals surface area contributed by atoms with E-state index in [9.17, 15) is 8.78 Å². The summed E-state index contributed by atoms with van der Waals surface area (Å²) in [6, 6.07) is 0. The molecule has 0 amide bonds. The van der Waals surface area contributed by atoms with E-state index in [0.29, 0.717) is 18.6 Å². The van der Waals surface area contributed by atoms with E-state index in [2.05, 4.69) is 6.58 Å². The first-order valence-corrected chi connectivity index (χ1v) is 4.23. The average Bonchev–Trinajstić information content (AvgIpc) is 2.78. The molecule has 0 aliphatic heterocycles. The van der Waals surface area contributed by atoms with Crippen LogP contribution in [-0.4, -0.2) is 13.0 Å². The fourth-order valence-corrected chi connectivity index (χ4v) is 1.56. The number of alkyl halides is 2. The summed E-state index contributed by atoms with van der Waals surface area (Å²) >= 11 is 0. The van der Waals surface area contributed by atoms with Gasteiger partial charge in [-0.15, -0.1) is 0 Å². The maximum atomic E-state index is 13.2. The van der Waals surface area contributed by atoms with Gasteiger partial charge in [-0.2, -0.15) is 0 Å². The van der Waals surface area contributed by atoms with E-state index in [1.54, 1.807) is 0 Å². The Kier molecular flexibility index (Phi) is 2.46. The lowest BCUT2D eigenvalue weighted by Crippen LogP contribution is -2.28. The first-order chi connectivity index (χ1) is 5.98. The average molecular weight is 188 g/mol. The van der Waals surface area contributed by atoms with E-state index < -0.39 is 11.3 Å². The largest absolute Gasteiger partial charge is 0.500 e. The smallest absolute Gasteiger partial charge is 0.257 e. The molecule has 3 heteroatoms. The Labute approximate surface area is 77.1 Å². The Morgan fingerprint density at radius 2 is 2.08 bits per heavy atom. The highest BCUT2D eigenvalue weighted by molar-refractivity contribution is 5.24. The molecule has 0 spiro atoms. The van der Waals surface area contributed by atoms with Crippen LogP contribution in [0, 0.1) is 5.41 Å². The van der Waals surface area contributed by atoms with E-state index in [-0.39, 0.29) is 0 Å². The quantitative estimate of drug-likeness (QED) is 0.486. The summed E-state index contributed by atoms with van der Waals surface area (Å²) in [5.74, 6) is -2.37. The van der Waals surface area contributed by atoms with Crippen LogP contribution in [0.4, 0.5) is 8.78 Å². The van der Waals surface area contributed by atoms with Crippen molar-refractivity contribution in [1.82, 2.24) is 0 Å². The molecule has 0 aromatic rings. The molecule has 1 saturated carbocycles. The zero-order chi connectivity index (χ0) is 10.1. The number of allylic oxidation sites excluding steroid dienone is 3. The second kappa shape index (κ2) is 3.13. The lowest BCUT2D eigenvalue weighted by molar-refractivity contribution is -0.0564. The van der Waals surface area contributed by atoms with Crippen LogP contribution in [0.5, 0.6) is 0 Å². The number of rotatable bonds is 4. The summed E-state index contributed by atoms with van der Waals surface area (Å²) in [5.41, 5.74) is -1.06. The minimum atomic E-state index is -2.71. The van der Waals surface area contributed by atoms with Crippen LogP contribution in [0.15, 0.2) is 24.5 Å². The van der Waals surface area contributed by atoms with Crippen molar-refractivity contribution in [3.63, 3.8) is 0 Å². The highest BCUT2D eigenvalue weighted by Crippen LogP contribution is 2.61. The summed E-state index contributed by atoms with van der Waals surface area (Å²) < 4.78 is 31.3. The third-order valence-electron chi connectivity index (χ3n) is 2.55. The number of halogens is 2. The van der Waals surface area contributed by atoms with Crippen LogP contribution in [0.3, 0.4) is 0 Å². The minimum absolute atomic E-state index is 0.343. The highest BCUT2D eigenvalue weighted by atomic mass is 19.3. The van der Waals surface area contributed by atoms with Crippen LogP contribution in [0.2, 0.25) is 0 Å². The van der Waals surface area contributed by atoms with Crippen molar-refractivity contribution in [2.24, 2.45) is 5.41 Å². The van der Waals surface area contributed by atoms with E-state index in [4.69, 9.17) is 4.74 Å². The van der Waals surface area contributed by atoms with Gasteiger partial charge in [-0.1, -0.05) is 12.7 Å². The minimum Gasteiger partial charge on any atom is -0.500 e. The molecule has 0 aromatic carbocycles. The van der Waals surface area contributed by atoms with Gasteiger partial charge in [0, 0.05) is 6.92 Å². The van der Waals surface area contributed by atoms with Gasteiger partial charge in [-0.25, -0.2) is 8.78 Å². The van der Waals surface area contributed by atoms with Gasteiger partial charge in [0.15, 0.2) is 0 Å². The second-order valence-electron chi connectivity index (χ2n) is 3.44. The van der Waals surface area contributed by atoms with Crippen molar-refractivity contribution < 1.29 is 13.5 Å². The normalized spacial score (nSPS) is 21.1. The molecule has 1 fully saturated rings. The molecule has 0 N–H and O–H groups in total. The molecule has 13 heavy (non-hydrogen) atoms. The molecule has 0 atom stereocenters. The first-order valence-electron chi connectivity index (χ1n) is 4.23. The van der Waals surface area contributed by atoms with Crippen LogP contribution < -0.4 is 0 Å². The van der Waals surface area contributed by atoms with Crippen molar-refractivity contribution in [3.05, 3.63) is 24.5 Å². The molecule has 74 valence electrons. The molecule has 0 bridgehead atoms. The fourth-order valence-electron chi connectivity index (χ4n) is 1.56. The van der Waals surface area contributed by atoms with Gasteiger partial charge in [0.2, 0.25) is 0 Å². The van der Waals surface area contributed by atoms with Gasteiger partial charge >= 0.3 is 0 Å². The van der Waals surface area contributed by atoms with E-state index in [0.717, 1.165) is 6.92 Å². The zero-order valence-electron chi connectivity index (χ0n) is 7.94. The molecule has 1 aliphatic carbocycles. The zero-order valence-corrected chi connectivity index (χ0v) is 7.94. The van der Waals surface area contributed by atoms with Gasteiger partial charge in [-0.3, -0.25) is 0 Å². The van der Waals surface area contributed by atoms with E-state index in [1.165, 1.54) is 19.3 Å². The molecule has 1 nitrogen and oxygen atoms in total. The van der Waals surface area contributed by atoms with Crippen LogP contribution in [-0.2, 0) is 4.74 Å². The van der Waals surface area contributed by atoms with Crippen molar-refractivity contribution in [2.75, 3.05) is 7.11 Å². The summed E-state index contributed by atoms with van der Waals surface area (Å²) in [4.78, 5) is 0. The summed E-state index contributed by atoms with van der Waals surface area (Å²) in [5, 5.41) is 0. The molecular formula is C10H14F2O. The van der Waals surface area contributed by atoms with Crippen molar-refractivity contribution >= 4 is 0 Å². The molecule has 0 heterocycles. The predicted octanol–water partition coefficient (Wildman–Crippen LogP) is 3.14. The van der Waals surface area contributed by atoms with Crippen molar-refractivity contribution in [2.45, 2.75) is 25.7 Å². The van der Waals surface area contributed by atoms with Gasteiger partial charge in [0.1, 0.15) is 5.76 Å². The molecular weight excluding hydrogens is 174 g/mol. The third kappa shape index (κ3) is 1.60. The highest BCUT2D eigenvalue weighted by Gasteiger charge is 2.62. The van der Waals surface area contributed by atoms with Gasteiger partial charge in [0.05, 0.1) is 12.5 Å². The van der Waals surface area contributed by atoms with Crippen LogP contribution in [0.1, 0.15) is 19.8 Å². The molecule has 0 saturated heterocycles. The van der Waals surface area contributed by atoms with Crippen molar-refractivity contribution in [3.8, 4) is 0 Å². The second-order valence-corrected chi connectivity index (χ2v) is 3.44. The van der Waals surface area contributed by atoms with Crippen LogP contribution >= 0.6 is 0 Å². The number of ether oxygens (including phenoxy) is 1. The topological polar surface area (TPSA) is 9.23 Å². The lowest BCUT2D eigenvalue weighted by atomic mass is 9.96. The van der Waals surface area contributed by atoms with Gasteiger partial charge < -0.3 is 4.74 Å². The first kappa shape index (κ1) is 10.2. The number of hydrogen-bond acceptors (Lipinski definition) is 1. The molecule has 0 aromatic heterocycles. The standard InChI is InChI=1S/C10H14F2O/c1-4-5-8(13-3)10(6-7-10)9(2,11)12/h4-5H,1,6-7H2,2-3H3/b8-5-. The Bertz CT molecular complexity index is 234. The Hall–Kier alpha value is -0.860. The Balaban J connectivity index is 2.92. The molecule has 0 radical (unpaired) electrons. The summed E-state index contributed by atoms with van der Waals surface area (Å²) in [7, 11) is 1.42.